The van der Waals surface area contributed by atoms with E-state index in [2.05, 4.69) is 27.8 Å². The lowest BCUT2D eigenvalue weighted by atomic mass is 10.1. The van der Waals surface area contributed by atoms with Gasteiger partial charge in [0.25, 0.3) is 5.91 Å². The normalized spacial score (nSPS) is 10.3. The average molecular weight is 361 g/mol. The Labute approximate surface area is 159 Å². The fourth-order valence-electron chi connectivity index (χ4n) is 2.67. The second kappa shape index (κ2) is 9.38. The van der Waals surface area contributed by atoms with E-state index in [1.165, 1.54) is 5.56 Å². The molecule has 3 aromatic rings. The number of benzene rings is 2. The van der Waals surface area contributed by atoms with Crippen LogP contribution < -0.4 is 15.4 Å². The quantitative estimate of drug-likeness (QED) is 0.590. The number of methoxy groups -OCH3 is 1. The molecular formula is C22H23N3O2. The van der Waals surface area contributed by atoms with Gasteiger partial charge in [-0.15, -0.1) is 0 Å². The molecule has 1 heterocycles. The smallest absolute Gasteiger partial charge is 0.252 e. The van der Waals surface area contributed by atoms with Gasteiger partial charge in [-0.25, -0.2) is 4.98 Å². The fourth-order valence-corrected chi connectivity index (χ4v) is 2.67. The van der Waals surface area contributed by atoms with Crippen LogP contribution in [0.15, 0.2) is 72.9 Å². The highest BCUT2D eigenvalue weighted by molar-refractivity contribution is 5.94. The SMILES string of the molecule is COc1ccc(Nc2ccc(C(=O)NCCCc3ccccc3)cn2)cc1. The molecule has 5 heteroatoms. The van der Waals surface area contributed by atoms with Crippen molar-refractivity contribution in [1.29, 1.82) is 0 Å². The zero-order valence-electron chi connectivity index (χ0n) is 15.3. The first-order valence-electron chi connectivity index (χ1n) is 8.94. The molecule has 0 fully saturated rings. The number of aryl methyl sites for hydroxylation is 1. The number of nitrogens with one attached hydrogen (secondary N) is 2. The van der Waals surface area contributed by atoms with E-state index >= 15 is 0 Å². The van der Waals surface area contributed by atoms with Gasteiger partial charge in [0.15, 0.2) is 0 Å². The second-order valence-corrected chi connectivity index (χ2v) is 6.13. The molecular weight excluding hydrogens is 338 g/mol. The number of amides is 1. The van der Waals surface area contributed by atoms with Crippen LogP contribution in [0.1, 0.15) is 22.3 Å². The molecule has 0 bridgehead atoms. The number of pyridine rings is 1. The summed E-state index contributed by atoms with van der Waals surface area (Å²) >= 11 is 0. The number of carbonyl (C=O) groups is 1. The Bertz CT molecular complexity index is 847. The fraction of sp³-hybridized carbons (Fsp3) is 0.182. The molecule has 5 nitrogen and oxygen atoms in total. The predicted molar refractivity (Wildman–Crippen MR) is 108 cm³/mol. The zero-order chi connectivity index (χ0) is 18.9. The van der Waals surface area contributed by atoms with Crippen LogP contribution in [0.3, 0.4) is 0 Å². The zero-order valence-corrected chi connectivity index (χ0v) is 15.3. The van der Waals surface area contributed by atoms with Crippen molar-refractivity contribution in [3.8, 4) is 5.75 Å². The summed E-state index contributed by atoms with van der Waals surface area (Å²) < 4.78 is 5.14. The number of ether oxygens (including phenoxy) is 1. The van der Waals surface area contributed by atoms with Crippen LogP contribution in [0.25, 0.3) is 0 Å². The minimum absolute atomic E-state index is 0.105. The maximum atomic E-state index is 12.2. The van der Waals surface area contributed by atoms with Gasteiger partial charge in [-0.3, -0.25) is 4.79 Å². The predicted octanol–water partition coefficient (Wildman–Crippen LogP) is 4.20. The van der Waals surface area contributed by atoms with Gasteiger partial charge >= 0.3 is 0 Å². The number of anilines is 2. The number of carbonyl (C=O) groups excluding carboxylic acids is 1. The number of hydrogen-bond acceptors (Lipinski definition) is 4. The van der Waals surface area contributed by atoms with Gasteiger partial charge < -0.3 is 15.4 Å². The van der Waals surface area contributed by atoms with Crippen molar-refractivity contribution >= 4 is 17.4 Å². The Morgan fingerprint density at radius 2 is 1.78 bits per heavy atom. The summed E-state index contributed by atoms with van der Waals surface area (Å²) in [7, 11) is 1.63. The summed E-state index contributed by atoms with van der Waals surface area (Å²) in [6.45, 7) is 0.638. The van der Waals surface area contributed by atoms with Crippen molar-refractivity contribution in [3.05, 3.63) is 84.1 Å². The third-order valence-electron chi connectivity index (χ3n) is 4.16. The molecule has 0 aliphatic carbocycles. The van der Waals surface area contributed by atoms with Crippen LogP contribution >= 0.6 is 0 Å². The number of nitrogens with zero attached hydrogens (tertiary/aromatic N) is 1. The summed E-state index contributed by atoms with van der Waals surface area (Å²) in [5, 5.41) is 6.13. The van der Waals surface area contributed by atoms with E-state index in [1.807, 2.05) is 42.5 Å². The monoisotopic (exact) mass is 361 g/mol. The maximum Gasteiger partial charge on any atom is 0.252 e. The molecule has 0 aliphatic heterocycles. The Hall–Kier alpha value is -3.34. The van der Waals surface area contributed by atoms with Crippen molar-refractivity contribution in [1.82, 2.24) is 10.3 Å². The third kappa shape index (κ3) is 5.57. The molecule has 27 heavy (non-hydrogen) atoms. The van der Waals surface area contributed by atoms with Crippen LogP contribution in [0.4, 0.5) is 11.5 Å². The van der Waals surface area contributed by atoms with Crippen LogP contribution in [0, 0.1) is 0 Å². The van der Waals surface area contributed by atoms with E-state index in [1.54, 1.807) is 25.4 Å². The Kier molecular flexibility index (Phi) is 6.41. The summed E-state index contributed by atoms with van der Waals surface area (Å²) in [6, 6.07) is 21.4. The lowest BCUT2D eigenvalue weighted by molar-refractivity contribution is 0.0953. The summed E-state index contributed by atoms with van der Waals surface area (Å²) in [5.41, 5.74) is 2.73. The Morgan fingerprint density at radius 1 is 1.00 bits per heavy atom. The molecule has 0 aliphatic rings. The molecule has 2 N–H and O–H groups in total. The largest absolute Gasteiger partial charge is 0.497 e. The molecule has 0 radical (unpaired) electrons. The lowest BCUT2D eigenvalue weighted by Crippen LogP contribution is -2.24. The molecule has 0 unspecified atom stereocenters. The number of hydrogen-bond donors (Lipinski definition) is 2. The molecule has 1 aromatic heterocycles. The van der Waals surface area contributed by atoms with E-state index in [0.717, 1.165) is 24.3 Å². The van der Waals surface area contributed by atoms with Gasteiger partial charge in [-0.2, -0.15) is 0 Å². The van der Waals surface area contributed by atoms with Crippen molar-refractivity contribution in [2.75, 3.05) is 19.0 Å². The van der Waals surface area contributed by atoms with Gasteiger partial charge in [-0.05, 0) is 54.8 Å². The third-order valence-corrected chi connectivity index (χ3v) is 4.16. The molecule has 1 amide bonds. The van der Waals surface area contributed by atoms with E-state index < -0.39 is 0 Å². The standard InChI is InChI=1S/C22H23N3O2/c1-27-20-12-10-19(11-13-20)25-21-14-9-18(16-24-21)22(26)23-15-5-8-17-6-3-2-4-7-17/h2-4,6-7,9-14,16H,5,8,15H2,1H3,(H,23,26)(H,24,25). The van der Waals surface area contributed by atoms with Crippen molar-refractivity contribution in [2.45, 2.75) is 12.8 Å². The van der Waals surface area contributed by atoms with Gasteiger partial charge in [0.05, 0.1) is 12.7 Å². The minimum Gasteiger partial charge on any atom is -0.497 e. The van der Waals surface area contributed by atoms with Crippen LogP contribution in [-0.2, 0) is 6.42 Å². The molecule has 138 valence electrons. The molecule has 3 rings (SSSR count). The Morgan fingerprint density at radius 3 is 2.44 bits per heavy atom. The summed E-state index contributed by atoms with van der Waals surface area (Å²) in [6.07, 6.45) is 3.43. The van der Waals surface area contributed by atoms with Gasteiger partial charge in [0.2, 0.25) is 0 Å². The van der Waals surface area contributed by atoms with Gasteiger partial charge in [0, 0.05) is 18.4 Å². The van der Waals surface area contributed by atoms with Crippen molar-refractivity contribution < 1.29 is 9.53 Å². The second-order valence-electron chi connectivity index (χ2n) is 6.13. The highest BCUT2D eigenvalue weighted by Crippen LogP contribution is 2.18. The lowest BCUT2D eigenvalue weighted by Gasteiger charge is -2.08. The van der Waals surface area contributed by atoms with Crippen molar-refractivity contribution in [2.24, 2.45) is 0 Å². The first-order chi connectivity index (χ1) is 13.2. The van der Waals surface area contributed by atoms with Gasteiger partial charge in [-0.1, -0.05) is 30.3 Å². The van der Waals surface area contributed by atoms with E-state index in [0.29, 0.717) is 17.9 Å². The van der Waals surface area contributed by atoms with E-state index in [9.17, 15) is 4.79 Å². The van der Waals surface area contributed by atoms with Crippen LogP contribution in [0.2, 0.25) is 0 Å². The van der Waals surface area contributed by atoms with Gasteiger partial charge in [0.1, 0.15) is 11.6 Å². The average Bonchev–Trinajstić information content (AvgIpc) is 2.73. The number of rotatable bonds is 8. The molecule has 0 atom stereocenters. The molecule has 0 saturated carbocycles. The maximum absolute atomic E-state index is 12.2. The summed E-state index contributed by atoms with van der Waals surface area (Å²) in [5.74, 6) is 1.38. The Balaban J connectivity index is 1.46. The highest BCUT2D eigenvalue weighted by Gasteiger charge is 2.06. The van der Waals surface area contributed by atoms with Crippen LogP contribution in [-0.4, -0.2) is 24.5 Å². The minimum atomic E-state index is -0.105. The topological polar surface area (TPSA) is 63.2 Å². The van der Waals surface area contributed by atoms with Crippen molar-refractivity contribution in [3.63, 3.8) is 0 Å². The van der Waals surface area contributed by atoms with E-state index in [4.69, 9.17) is 4.74 Å². The van der Waals surface area contributed by atoms with Crippen LogP contribution in [0.5, 0.6) is 5.75 Å². The molecule has 2 aromatic carbocycles. The van der Waals surface area contributed by atoms with E-state index in [-0.39, 0.29) is 5.91 Å². The first kappa shape index (κ1) is 18.5. The summed E-state index contributed by atoms with van der Waals surface area (Å²) in [4.78, 5) is 16.5. The first-order valence-corrected chi connectivity index (χ1v) is 8.94. The highest BCUT2D eigenvalue weighted by atomic mass is 16.5. The molecule has 0 saturated heterocycles. The number of aromatic nitrogens is 1. The molecule has 0 spiro atoms.